The van der Waals surface area contributed by atoms with Crippen LogP contribution < -0.4 is 10.1 Å². The number of carbonyl (C=O) groups excluding carboxylic acids is 1. The monoisotopic (exact) mass is 523 g/mol. The van der Waals surface area contributed by atoms with Crippen molar-refractivity contribution in [2.24, 2.45) is 0 Å². The lowest BCUT2D eigenvalue weighted by Gasteiger charge is -2.25. The number of amides is 1. The highest BCUT2D eigenvalue weighted by Gasteiger charge is 2.32. The van der Waals surface area contributed by atoms with Crippen LogP contribution in [0.15, 0.2) is 64.0 Å². The molecule has 1 amide bonds. The van der Waals surface area contributed by atoms with Crippen LogP contribution in [0.2, 0.25) is 0 Å². The molecule has 0 aliphatic carbocycles. The number of hydrogen-bond acceptors (Lipinski definition) is 3. The van der Waals surface area contributed by atoms with Crippen molar-refractivity contribution in [1.82, 2.24) is 0 Å². The molecule has 0 radical (unpaired) electrons. The second-order valence-electron chi connectivity index (χ2n) is 9.08. The zero-order valence-corrected chi connectivity index (χ0v) is 22.1. The molecule has 0 spiro atoms. The number of halogens is 1. The van der Waals surface area contributed by atoms with Gasteiger partial charge in [0, 0.05) is 20.6 Å². The maximum absolute atomic E-state index is 14.1. The van der Waals surface area contributed by atoms with Crippen molar-refractivity contribution < 1.29 is 9.53 Å². The molecule has 3 nitrogen and oxygen atoms in total. The maximum atomic E-state index is 14.1. The van der Waals surface area contributed by atoms with Crippen molar-refractivity contribution in [3.63, 3.8) is 0 Å². The Labute approximate surface area is 209 Å². The molecule has 5 heteroatoms. The van der Waals surface area contributed by atoms with Gasteiger partial charge in [0.25, 0.3) is 0 Å². The Morgan fingerprint density at radius 3 is 2.30 bits per heavy atom. The second-order valence-corrected chi connectivity index (χ2v) is 10.9. The fourth-order valence-corrected chi connectivity index (χ4v) is 5.32. The van der Waals surface area contributed by atoms with Gasteiger partial charge in [-0.2, -0.15) is 0 Å². The van der Waals surface area contributed by atoms with Crippen molar-refractivity contribution in [2.45, 2.75) is 57.0 Å². The normalized spacial score (nSPS) is 15.0. The average Bonchev–Trinajstić information content (AvgIpc) is 2.95. The Balaban J connectivity index is 1.86. The molecular weight excluding hydrogens is 494 g/mol. The van der Waals surface area contributed by atoms with E-state index in [1.54, 1.807) is 11.8 Å². The van der Waals surface area contributed by atoms with Gasteiger partial charge in [0.05, 0.1) is 5.92 Å². The summed E-state index contributed by atoms with van der Waals surface area (Å²) >= 11 is 5.33. The Morgan fingerprint density at radius 1 is 1.00 bits per heavy atom. The third-order valence-corrected chi connectivity index (χ3v) is 7.40. The van der Waals surface area contributed by atoms with E-state index in [1.807, 2.05) is 42.5 Å². The van der Waals surface area contributed by atoms with E-state index in [4.69, 9.17) is 4.74 Å². The molecule has 0 saturated heterocycles. The smallest absolute Gasteiger partial charge is 0.236 e. The highest BCUT2D eigenvalue weighted by molar-refractivity contribution is 9.10. The highest BCUT2D eigenvalue weighted by atomic mass is 79.9. The Morgan fingerprint density at radius 2 is 1.67 bits per heavy atom. The molecule has 33 heavy (non-hydrogen) atoms. The standard InChI is InChI=1S/C28H30BrNO2S/c1-16(2)22-13-20(33-5)14-23(17(3)4)27(22)30-28(31)26-21-9-7-6-8-18(21)15-32-25-11-10-19(29)12-24(25)26/h6-14,16-17,26H,15H2,1-5H3,(H,30,31). The third kappa shape index (κ3) is 4.85. The summed E-state index contributed by atoms with van der Waals surface area (Å²) in [6, 6.07) is 18.4. The third-order valence-electron chi connectivity index (χ3n) is 6.20. The molecule has 0 saturated carbocycles. The van der Waals surface area contributed by atoms with E-state index in [2.05, 4.69) is 67.3 Å². The van der Waals surface area contributed by atoms with E-state index in [9.17, 15) is 4.79 Å². The van der Waals surface area contributed by atoms with Crippen LogP contribution in [0.4, 0.5) is 5.69 Å². The van der Waals surface area contributed by atoms with Crippen LogP contribution in [0.3, 0.4) is 0 Å². The molecule has 0 aromatic heterocycles. The summed E-state index contributed by atoms with van der Waals surface area (Å²) in [7, 11) is 0. The number of nitrogens with one attached hydrogen (secondary N) is 1. The quantitative estimate of drug-likeness (QED) is 0.343. The van der Waals surface area contributed by atoms with Crippen molar-refractivity contribution >= 4 is 39.3 Å². The van der Waals surface area contributed by atoms with Gasteiger partial charge in [-0.15, -0.1) is 11.8 Å². The van der Waals surface area contributed by atoms with E-state index in [1.165, 1.54) is 16.0 Å². The summed E-state index contributed by atoms with van der Waals surface area (Å²) in [6.45, 7) is 9.17. The summed E-state index contributed by atoms with van der Waals surface area (Å²) in [6.07, 6.45) is 2.10. The number of benzene rings is 3. The lowest BCUT2D eigenvalue weighted by Crippen LogP contribution is -2.24. The minimum Gasteiger partial charge on any atom is -0.489 e. The van der Waals surface area contributed by atoms with E-state index in [0.717, 1.165) is 32.6 Å². The fourth-order valence-electron chi connectivity index (χ4n) is 4.46. The fraction of sp³-hybridized carbons (Fsp3) is 0.321. The SMILES string of the molecule is CSc1cc(C(C)C)c(NC(=O)C2c3ccccc3COc3ccc(Br)cc32)c(C(C)C)c1. The zero-order chi connectivity index (χ0) is 23.7. The molecule has 0 bridgehead atoms. The molecular formula is C28H30BrNO2S. The molecule has 3 aromatic rings. The molecule has 172 valence electrons. The van der Waals surface area contributed by atoms with E-state index in [0.29, 0.717) is 6.61 Å². The largest absolute Gasteiger partial charge is 0.489 e. The first kappa shape index (κ1) is 23.9. The van der Waals surface area contributed by atoms with Gasteiger partial charge in [0.2, 0.25) is 5.91 Å². The van der Waals surface area contributed by atoms with Crippen molar-refractivity contribution in [3.05, 3.63) is 86.9 Å². The molecule has 1 aliphatic rings. The second kappa shape index (κ2) is 9.94. The van der Waals surface area contributed by atoms with Crippen molar-refractivity contribution in [2.75, 3.05) is 11.6 Å². The summed E-state index contributed by atoms with van der Waals surface area (Å²) in [4.78, 5) is 15.3. The first-order valence-corrected chi connectivity index (χ1v) is 13.3. The molecule has 1 N–H and O–H groups in total. The van der Waals surface area contributed by atoms with Gasteiger partial charge in [0.1, 0.15) is 12.4 Å². The molecule has 1 atom stereocenters. The molecule has 1 heterocycles. The molecule has 1 unspecified atom stereocenters. The summed E-state index contributed by atoms with van der Waals surface area (Å²) in [5.74, 6) is 0.831. The van der Waals surface area contributed by atoms with Crippen LogP contribution in [-0.2, 0) is 11.4 Å². The molecule has 0 fully saturated rings. The highest BCUT2D eigenvalue weighted by Crippen LogP contribution is 2.41. The number of fused-ring (bicyclic) bond motifs is 2. The Kier molecular flexibility index (Phi) is 7.20. The summed E-state index contributed by atoms with van der Waals surface area (Å²) < 4.78 is 7.04. The minimum atomic E-state index is -0.462. The number of hydrogen-bond donors (Lipinski definition) is 1. The van der Waals surface area contributed by atoms with Crippen LogP contribution in [0.25, 0.3) is 0 Å². The van der Waals surface area contributed by atoms with Crippen molar-refractivity contribution in [3.8, 4) is 5.75 Å². The first-order chi connectivity index (χ1) is 15.8. The van der Waals surface area contributed by atoms with E-state index >= 15 is 0 Å². The topological polar surface area (TPSA) is 38.3 Å². The maximum Gasteiger partial charge on any atom is 0.236 e. The van der Waals surface area contributed by atoms with Gasteiger partial charge < -0.3 is 10.1 Å². The van der Waals surface area contributed by atoms with Crippen LogP contribution in [0, 0.1) is 0 Å². The van der Waals surface area contributed by atoms with Crippen molar-refractivity contribution in [1.29, 1.82) is 0 Å². The Hall–Kier alpha value is -2.24. The zero-order valence-electron chi connectivity index (χ0n) is 19.7. The Bertz CT molecular complexity index is 1160. The number of ether oxygens (including phenoxy) is 1. The van der Waals surface area contributed by atoms with E-state index < -0.39 is 5.92 Å². The minimum absolute atomic E-state index is 0.0343. The summed E-state index contributed by atoms with van der Waals surface area (Å²) in [5.41, 5.74) is 6.20. The number of carbonyl (C=O) groups is 1. The van der Waals surface area contributed by atoms with Gasteiger partial charge in [-0.1, -0.05) is 67.9 Å². The van der Waals surface area contributed by atoms with Crippen LogP contribution in [-0.4, -0.2) is 12.2 Å². The summed E-state index contributed by atoms with van der Waals surface area (Å²) in [5, 5.41) is 3.37. The average molecular weight is 525 g/mol. The van der Waals surface area contributed by atoms with Crippen LogP contribution in [0.1, 0.15) is 73.3 Å². The predicted molar refractivity (Wildman–Crippen MR) is 142 cm³/mol. The van der Waals surface area contributed by atoms with Gasteiger partial charge >= 0.3 is 0 Å². The lowest BCUT2D eigenvalue weighted by molar-refractivity contribution is -0.116. The first-order valence-electron chi connectivity index (χ1n) is 11.3. The van der Waals surface area contributed by atoms with Gasteiger partial charge in [0.15, 0.2) is 0 Å². The number of rotatable bonds is 5. The predicted octanol–water partition coefficient (Wildman–Crippen LogP) is 8.08. The van der Waals surface area contributed by atoms with E-state index in [-0.39, 0.29) is 17.7 Å². The van der Waals surface area contributed by atoms with Gasteiger partial charge in [-0.05, 0) is 70.7 Å². The number of thioether (sulfide) groups is 1. The lowest BCUT2D eigenvalue weighted by atomic mass is 9.87. The van der Waals surface area contributed by atoms with Gasteiger partial charge in [-0.3, -0.25) is 4.79 Å². The van der Waals surface area contributed by atoms with Crippen LogP contribution in [0.5, 0.6) is 5.75 Å². The molecule has 4 rings (SSSR count). The molecule has 1 aliphatic heterocycles. The van der Waals surface area contributed by atoms with Crippen LogP contribution >= 0.6 is 27.7 Å². The molecule has 3 aromatic carbocycles. The van der Waals surface area contributed by atoms with Gasteiger partial charge in [-0.25, -0.2) is 0 Å². The number of anilines is 1.